The van der Waals surface area contributed by atoms with Crippen molar-refractivity contribution in [3.8, 4) is 33.4 Å². The van der Waals surface area contributed by atoms with Gasteiger partial charge >= 0.3 is 0 Å². The van der Waals surface area contributed by atoms with E-state index in [-0.39, 0.29) is 0 Å². The lowest BCUT2D eigenvalue weighted by atomic mass is 9.86. The van der Waals surface area contributed by atoms with Crippen molar-refractivity contribution >= 4 is 64.6 Å². The average Bonchev–Trinajstić information content (AvgIpc) is 3.17. The molecule has 0 aliphatic carbocycles. The largest absolute Gasteiger partial charge is 0.0616 e. The van der Waals surface area contributed by atoms with Crippen molar-refractivity contribution in [3.05, 3.63) is 182 Å². The molecule has 0 amide bonds. The average molecular weight is 607 g/mol. The summed E-state index contributed by atoms with van der Waals surface area (Å²) in [5.41, 5.74) is 7.48. The van der Waals surface area contributed by atoms with E-state index in [1.807, 2.05) is 0 Å². The predicted molar refractivity (Wildman–Crippen MR) is 208 cm³/mol. The lowest BCUT2D eigenvalue weighted by molar-refractivity contribution is 1.62. The van der Waals surface area contributed by atoms with Crippen LogP contribution in [0.5, 0.6) is 0 Å². The first-order valence-electron chi connectivity index (χ1n) is 16.7. The Morgan fingerprint density at radius 3 is 1.58 bits per heavy atom. The van der Waals surface area contributed by atoms with Crippen LogP contribution in [0.4, 0.5) is 0 Å². The van der Waals surface area contributed by atoms with E-state index in [1.165, 1.54) is 98.0 Å². The third-order valence-electron chi connectivity index (χ3n) is 10.2. The molecular formula is C48H30. The Morgan fingerprint density at radius 2 is 0.771 bits per heavy atom. The van der Waals surface area contributed by atoms with Gasteiger partial charge in [-0.2, -0.15) is 0 Å². The first-order chi connectivity index (χ1) is 23.8. The standard InChI is InChI=1S/C48H30/c1-2-12-35-28-37(25-22-31(35)10-1)45-30-47-41-16-6-5-15-40(41)46-29-36(26-27-44(46)48(47)43-18-8-7-17-42(43)45)32-20-23-34(24-21-32)39-19-9-13-33-11-3-4-14-38(33)39/h1-30H. The van der Waals surface area contributed by atoms with Gasteiger partial charge in [0.25, 0.3) is 0 Å². The Labute approximate surface area is 279 Å². The van der Waals surface area contributed by atoms with Gasteiger partial charge in [0, 0.05) is 0 Å². The maximum atomic E-state index is 2.43. The molecule has 0 saturated carbocycles. The van der Waals surface area contributed by atoms with Gasteiger partial charge in [0.1, 0.15) is 0 Å². The van der Waals surface area contributed by atoms with Gasteiger partial charge in [0.15, 0.2) is 0 Å². The van der Waals surface area contributed by atoms with Crippen LogP contribution in [-0.4, -0.2) is 0 Å². The van der Waals surface area contributed by atoms with Crippen LogP contribution in [0, 0.1) is 0 Å². The van der Waals surface area contributed by atoms with Crippen molar-refractivity contribution in [2.45, 2.75) is 0 Å². The Bertz CT molecular complexity index is 2870. The molecule has 0 bridgehead atoms. The first-order valence-corrected chi connectivity index (χ1v) is 16.7. The molecule has 0 fully saturated rings. The van der Waals surface area contributed by atoms with Crippen LogP contribution in [0.3, 0.4) is 0 Å². The molecule has 0 aromatic heterocycles. The Kier molecular flexibility index (Phi) is 5.98. The lowest BCUT2D eigenvalue weighted by Crippen LogP contribution is -1.89. The smallest absolute Gasteiger partial charge is 0.00199 e. The molecule has 0 saturated heterocycles. The van der Waals surface area contributed by atoms with Gasteiger partial charge in [0.05, 0.1) is 0 Å². The van der Waals surface area contributed by atoms with Gasteiger partial charge in [-0.1, -0.05) is 164 Å². The van der Waals surface area contributed by atoms with E-state index in [0.717, 1.165) is 0 Å². The highest BCUT2D eigenvalue weighted by Gasteiger charge is 2.16. The summed E-state index contributed by atoms with van der Waals surface area (Å²) in [5.74, 6) is 0. The molecule has 0 spiro atoms. The second-order valence-corrected chi connectivity index (χ2v) is 12.9. The summed E-state index contributed by atoms with van der Waals surface area (Å²) in [6, 6.07) is 67.1. The number of hydrogen-bond acceptors (Lipinski definition) is 0. The van der Waals surface area contributed by atoms with Crippen molar-refractivity contribution in [2.75, 3.05) is 0 Å². The summed E-state index contributed by atoms with van der Waals surface area (Å²) in [6.07, 6.45) is 0. The van der Waals surface area contributed by atoms with E-state index < -0.39 is 0 Å². The highest BCUT2D eigenvalue weighted by molar-refractivity contribution is 6.33. The molecule has 10 aromatic carbocycles. The van der Waals surface area contributed by atoms with Gasteiger partial charge < -0.3 is 0 Å². The van der Waals surface area contributed by atoms with Crippen LogP contribution in [0.2, 0.25) is 0 Å². The number of benzene rings is 10. The van der Waals surface area contributed by atoms with Gasteiger partial charge in [-0.15, -0.1) is 0 Å². The second-order valence-electron chi connectivity index (χ2n) is 12.9. The molecule has 0 aliphatic rings. The van der Waals surface area contributed by atoms with Crippen LogP contribution in [-0.2, 0) is 0 Å². The molecule has 0 radical (unpaired) electrons. The van der Waals surface area contributed by atoms with E-state index in [9.17, 15) is 0 Å². The lowest BCUT2D eigenvalue weighted by Gasteiger charge is -2.17. The Morgan fingerprint density at radius 1 is 0.208 bits per heavy atom. The molecule has 0 N–H and O–H groups in total. The predicted octanol–water partition coefficient (Wildman–Crippen LogP) is 13.6. The summed E-state index contributed by atoms with van der Waals surface area (Å²) in [6.45, 7) is 0. The molecule has 0 unspecified atom stereocenters. The SMILES string of the molecule is c1ccc2cc(-c3cc4c5ccccc5c5cc(-c6ccc(-c7cccc8ccccc78)cc6)ccc5c4c4ccccc34)ccc2c1. The minimum absolute atomic E-state index is 1.22. The minimum Gasteiger partial charge on any atom is -0.0616 e. The highest BCUT2D eigenvalue weighted by atomic mass is 14.2. The van der Waals surface area contributed by atoms with E-state index >= 15 is 0 Å². The molecule has 0 heterocycles. The molecule has 0 nitrogen and oxygen atoms in total. The third-order valence-corrected chi connectivity index (χ3v) is 10.2. The van der Waals surface area contributed by atoms with E-state index in [4.69, 9.17) is 0 Å². The van der Waals surface area contributed by atoms with Crippen molar-refractivity contribution in [2.24, 2.45) is 0 Å². The van der Waals surface area contributed by atoms with Crippen LogP contribution < -0.4 is 0 Å². The normalized spacial score (nSPS) is 11.8. The van der Waals surface area contributed by atoms with Crippen LogP contribution in [0.15, 0.2) is 182 Å². The van der Waals surface area contributed by atoms with Crippen molar-refractivity contribution in [3.63, 3.8) is 0 Å². The maximum absolute atomic E-state index is 2.43. The maximum Gasteiger partial charge on any atom is -0.00199 e. The molecule has 10 rings (SSSR count). The first kappa shape index (κ1) is 26.9. The molecule has 48 heavy (non-hydrogen) atoms. The van der Waals surface area contributed by atoms with E-state index in [2.05, 4.69) is 182 Å². The fourth-order valence-corrected chi connectivity index (χ4v) is 7.91. The summed E-state index contributed by atoms with van der Waals surface area (Å²) in [7, 11) is 0. The minimum atomic E-state index is 1.22. The molecule has 0 aliphatic heterocycles. The Hall–Kier alpha value is -6.24. The van der Waals surface area contributed by atoms with E-state index in [1.54, 1.807) is 0 Å². The van der Waals surface area contributed by atoms with Crippen LogP contribution >= 0.6 is 0 Å². The summed E-state index contributed by atoms with van der Waals surface area (Å²) in [5, 5.41) is 15.4. The molecule has 222 valence electrons. The fraction of sp³-hybridized carbons (Fsp3) is 0. The summed E-state index contributed by atoms with van der Waals surface area (Å²) < 4.78 is 0. The van der Waals surface area contributed by atoms with Crippen molar-refractivity contribution < 1.29 is 0 Å². The van der Waals surface area contributed by atoms with E-state index in [0.29, 0.717) is 0 Å². The molecule has 10 aromatic rings. The summed E-state index contributed by atoms with van der Waals surface area (Å²) >= 11 is 0. The fourth-order valence-electron chi connectivity index (χ4n) is 7.91. The van der Waals surface area contributed by atoms with Crippen molar-refractivity contribution in [1.29, 1.82) is 0 Å². The summed E-state index contributed by atoms with van der Waals surface area (Å²) in [4.78, 5) is 0. The topological polar surface area (TPSA) is 0 Å². The van der Waals surface area contributed by atoms with Gasteiger partial charge in [-0.05, 0) is 116 Å². The second kappa shape index (κ2) is 10.7. The Balaban J connectivity index is 1.18. The zero-order chi connectivity index (χ0) is 31.6. The third kappa shape index (κ3) is 4.16. The van der Waals surface area contributed by atoms with Crippen LogP contribution in [0.1, 0.15) is 0 Å². The number of rotatable bonds is 3. The number of fused-ring (bicyclic) bond motifs is 10. The quantitative estimate of drug-likeness (QED) is 0.176. The zero-order valence-corrected chi connectivity index (χ0v) is 26.3. The molecular weight excluding hydrogens is 577 g/mol. The van der Waals surface area contributed by atoms with Gasteiger partial charge in [-0.25, -0.2) is 0 Å². The molecule has 0 atom stereocenters. The zero-order valence-electron chi connectivity index (χ0n) is 26.3. The van der Waals surface area contributed by atoms with Crippen molar-refractivity contribution in [1.82, 2.24) is 0 Å². The van der Waals surface area contributed by atoms with Gasteiger partial charge in [-0.3, -0.25) is 0 Å². The molecule has 0 heteroatoms. The number of hydrogen-bond donors (Lipinski definition) is 0. The van der Waals surface area contributed by atoms with Crippen LogP contribution in [0.25, 0.3) is 98.0 Å². The highest BCUT2D eigenvalue weighted by Crippen LogP contribution is 2.44. The van der Waals surface area contributed by atoms with Gasteiger partial charge in [0.2, 0.25) is 0 Å². The monoisotopic (exact) mass is 606 g/mol.